The van der Waals surface area contributed by atoms with E-state index in [1.807, 2.05) is 12.1 Å². The maximum atomic E-state index is 11.2. The van der Waals surface area contributed by atoms with E-state index in [2.05, 4.69) is 9.97 Å². The van der Waals surface area contributed by atoms with Crippen molar-refractivity contribution in [2.75, 3.05) is 0 Å². The van der Waals surface area contributed by atoms with Gasteiger partial charge in [-0.3, -0.25) is 4.98 Å². The van der Waals surface area contributed by atoms with Crippen LogP contribution in [0.2, 0.25) is 10.0 Å². The van der Waals surface area contributed by atoms with Crippen molar-refractivity contribution in [1.29, 1.82) is 0 Å². The Balaban J connectivity index is 2.20. The third-order valence-corrected chi connectivity index (χ3v) is 3.73. The monoisotopic (exact) mass is 344 g/mol. The van der Waals surface area contributed by atoms with Gasteiger partial charge < -0.3 is 5.11 Å². The lowest BCUT2D eigenvalue weighted by Gasteiger charge is -2.09. The molecule has 0 aliphatic carbocycles. The first-order chi connectivity index (χ1) is 11.0. The van der Waals surface area contributed by atoms with Gasteiger partial charge >= 0.3 is 5.97 Å². The number of hydrogen-bond acceptors (Lipinski definition) is 3. The Labute approximate surface area is 142 Å². The van der Waals surface area contributed by atoms with Crippen molar-refractivity contribution < 1.29 is 9.90 Å². The van der Waals surface area contributed by atoms with Gasteiger partial charge in [0.1, 0.15) is 0 Å². The molecule has 2 aromatic carbocycles. The van der Waals surface area contributed by atoms with Crippen LogP contribution in [0.3, 0.4) is 0 Å². The highest BCUT2D eigenvalue weighted by molar-refractivity contribution is 6.31. The summed E-state index contributed by atoms with van der Waals surface area (Å²) < 4.78 is 0. The van der Waals surface area contributed by atoms with Gasteiger partial charge in [-0.1, -0.05) is 47.5 Å². The van der Waals surface area contributed by atoms with Gasteiger partial charge in [-0.05, 0) is 24.3 Å². The fourth-order valence-corrected chi connectivity index (χ4v) is 2.37. The molecule has 3 rings (SSSR count). The van der Waals surface area contributed by atoms with E-state index in [1.165, 1.54) is 6.20 Å². The molecule has 0 aliphatic rings. The largest absolute Gasteiger partial charge is 0.476 e. The first-order valence-electron chi connectivity index (χ1n) is 6.67. The van der Waals surface area contributed by atoms with E-state index in [0.29, 0.717) is 21.4 Å². The summed E-state index contributed by atoms with van der Waals surface area (Å²) in [7, 11) is 0. The quantitative estimate of drug-likeness (QED) is 0.739. The van der Waals surface area contributed by atoms with Crippen LogP contribution in [0.15, 0.2) is 54.7 Å². The second kappa shape index (κ2) is 6.36. The molecular weight excluding hydrogens is 335 g/mol. The highest BCUT2D eigenvalue weighted by Crippen LogP contribution is 2.30. The van der Waals surface area contributed by atoms with Crippen molar-refractivity contribution in [3.05, 3.63) is 70.5 Å². The van der Waals surface area contributed by atoms with Gasteiger partial charge in [0, 0.05) is 21.2 Å². The Hall–Kier alpha value is -2.43. The van der Waals surface area contributed by atoms with Gasteiger partial charge in [-0.25, -0.2) is 9.78 Å². The lowest BCUT2D eigenvalue weighted by atomic mass is 10.0. The Morgan fingerprint density at radius 1 is 0.826 bits per heavy atom. The number of aromatic carboxylic acids is 1. The predicted octanol–water partition coefficient (Wildman–Crippen LogP) is 4.82. The topological polar surface area (TPSA) is 63.1 Å². The number of carboxylic acids is 1. The molecule has 3 aromatic rings. The lowest BCUT2D eigenvalue weighted by Crippen LogP contribution is -2.04. The van der Waals surface area contributed by atoms with Crippen LogP contribution in [-0.4, -0.2) is 21.0 Å². The molecule has 0 unspecified atom stereocenters. The van der Waals surface area contributed by atoms with Gasteiger partial charge in [0.25, 0.3) is 0 Å². The van der Waals surface area contributed by atoms with E-state index in [4.69, 9.17) is 28.3 Å². The van der Waals surface area contributed by atoms with Gasteiger partial charge in [-0.2, -0.15) is 0 Å². The van der Waals surface area contributed by atoms with Crippen LogP contribution >= 0.6 is 23.2 Å². The van der Waals surface area contributed by atoms with Crippen LogP contribution in [0.25, 0.3) is 22.5 Å². The molecule has 0 fully saturated rings. The number of hydrogen-bond donors (Lipinski definition) is 1. The summed E-state index contributed by atoms with van der Waals surface area (Å²) in [5.74, 6) is -1.13. The summed E-state index contributed by atoms with van der Waals surface area (Å²) in [5, 5.41) is 10.4. The van der Waals surface area contributed by atoms with Gasteiger partial charge in [0.05, 0.1) is 17.6 Å². The number of benzene rings is 2. The summed E-state index contributed by atoms with van der Waals surface area (Å²) in [6, 6.07) is 14.1. The van der Waals surface area contributed by atoms with Crippen LogP contribution in [0, 0.1) is 0 Å². The molecule has 114 valence electrons. The standard InChI is InChI=1S/C17H10Cl2N2O2/c18-12-5-1-10(2-6-12)15-16(11-3-7-13(19)8-4-11)21-14(9-20-15)17(22)23/h1-9H,(H,22,23). The molecule has 0 spiro atoms. The minimum atomic E-state index is -1.13. The summed E-state index contributed by atoms with van der Waals surface area (Å²) in [5.41, 5.74) is 2.46. The minimum absolute atomic E-state index is 0.118. The molecule has 0 bridgehead atoms. The van der Waals surface area contributed by atoms with E-state index in [-0.39, 0.29) is 5.69 Å². The summed E-state index contributed by atoms with van der Waals surface area (Å²) >= 11 is 11.8. The third-order valence-electron chi connectivity index (χ3n) is 3.23. The normalized spacial score (nSPS) is 10.5. The molecular formula is C17H10Cl2N2O2. The number of nitrogens with zero attached hydrogens (tertiary/aromatic N) is 2. The van der Waals surface area contributed by atoms with Crippen LogP contribution in [0.1, 0.15) is 10.5 Å². The zero-order chi connectivity index (χ0) is 16.4. The zero-order valence-electron chi connectivity index (χ0n) is 11.7. The van der Waals surface area contributed by atoms with E-state index in [9.17, 15) is 4.79 Å². The number of rotatable bonds is 3. The summed E-state index contributed by atoms with van der Waals surface area (Å²) in [6.07, 6.45) is 1.24. The van der Waals surface area contributed by atoms with Crippen LogP contribution in [0.5, 0.6) is 0 Å². The van der Waals surface area contributed by atoms with Crippen molar-refractivity contribution in [3.8, 4) is 22.5 Å². The predicted molar refractivity (Wildman–Crippen MR) is 89.9 cm³/mol. The zero-order valence-corrected chi connectivity index (χ0v) is 13.2. The van der Waals surface area contributed by atoms with E-state index >= 15 is 0 Å². The molecule has 0 saturated heterocycles. The molecule has 1 heterocycles. The Bertz CT molecular complexity index is 863. The smallest absolute Gasteiger partial charge is 0.356 e. The SMILES string of the molecule is O=C(O)c1cnc(-c2ccc(Cl)cc2)c(-c2ccc(Cl)cc2)n1. The fourth-order valence-electron chi connectivity index (χ4n) is 2.12. The maximum absolute atomic E-state index is 11.2. The second-order valence-corrected chi connectivity index (χ2v) is 5.64. The maximum Gasteiger partial charge on any atom is 0.356 e. The van der Waals surface area contributed by atoms with Crippen LogP contribution in [-0.2, 0) is 0 Å². The Kier molecular flexibility index (Phi) is 4.28. The van der Waals surface area contributed by atoms with Gasteiger partial charge in [0.2, 0.25) is 0 Å². The average molecular weight is 345 g/mol. The van der Waals surface area contributed by atoms with Crippen molar-refractivity contribution >= 4 is 29.2 Å². The number of carboxylic acid groups (broad SMARTS) is 1. The van der Waals surface area contributed by atoms with Crippen LogP contribution < -0.4 is 0 Å². The first kappa shape index (κ1) is 15.5. The van der Waals surface area contributed by atoms with Crippen molar-refractivity contribution in [3.63, 3.8) is 0 Å². The Morgan fingerprint density at radius 3 is 1.78 bits per heavy atom. The molecule has 0 saturated carbocycles. The molecule has 0 atom stereocenters. The number of carbonyl (C=O) groups is 1. The van der Waals surface area contributed by atoms with Crippen molar-refractivity contribution in [2.24, 2.45) is 0 Å². The van der Waals surface area contributed by atoms with Crippen molar-refractivity contribution in [2.45, 2.75) is 0 Å². The molecule has 0 radical (unpaired) electrons. The van der Waals surface area contributed by atoms with Gasteiger partial charge in [0.15, 0.2) is 5.69 Å². The van der Waals surface area contributed by atoms with Crippen LogP contribution in [0.4, 0.5) is 0 Å². The molecule has 0 amide bonds. The van der Waals surface area contributed by atoms with Crippen molar-refractivity contribution in [1.82, 2.24) is 9.97 Å². The van der Waals surface area contributed by atoms with Gasteiger partial charge in [-0.15, -0.1) is 0 Å². The molecule has 0 aliphatic heterocycles. The van der Waals surface area contributed by atoms with E-state index < -0.39 is 5.97 Å². The summed E-state index contributed by atoms with van der Waals surface area (Å²) in [6.45, 7) is 0. The van der Waals surface area contributed by atoms with E-state index in [1.54, 1.807) is 36.4 Å². The highest BCUT2D eigenvalue weighted by atomic mass is 35.5. The third kappa shape index (κ3) is 3.33. The Morgan fingerprint density at radius 2 is 1.30 bits per heavy atom. The second-order valence-electron chi connectivity index (χ2n) is 4.77. The fraction of sp³-hybridized carbons (Fsp3) is 0. The molecule has 23 heavy (non-hydrogen) atoms. The first-order valence-corrected chi connectivity index (χ1v) is 7.42. The van der Waals surface area contributed by atoms with E-state index in [0.717, 1.165) is 11.1 Å². The minimum Gasteiger partial charge on any atom is -0.476 e. The average Bonchev–Trinajstić information content (AvgIpc) is 2.56. The molecule has 1 aromatic heterocycles. The number of halogens is 2. The highest BCUT2D eigenvalue weighted by Gasteiger charge is 2.15. The molecule has 1 N–H and O–H groups in total. The molecule has 6 heteroatoms. The molecule has 4 nitrogen and oxygen atoms in total. The summed E-state index contributed by atoms with van der Waals surface area (Å²) in [4.78, 5) is 19.7. The number of aromatic nitrogens is 2. The lowest BCUT2D eigenvalue weighted by molar-refractivity contribution is 0.0690.